The third kappa shape index (κ3) is 4.71. The molecule has 0 bridgehead atoms. The monoisotopic (exact) mass is 456 g/mol. The molecule has 4 rings (SSSR count). The molecule has 0 saturated heterocycles. The zero-order valence-corrected chi connectivity index (χ0v) is 17.7. The lowest BCUT2D eigenvalue weighted by molar-refractivity contribution is -0.111. The molecule has 5 nitrogen and oxygen atoms in total. The van der Waals surface area contributed by atoms with E-state index in [2.05, 4.69) is 10.3 Å². The van der Waals surface area contributed by atoms with Crippen LogP contribution in [-0.2, 0) is 4.79 Å². The number of rotatable bonds is 5. The van der Waals surface area contributed by atoms with E-state index in [0.29, 0.717) is 49.6 Å². The fraction of sp³-hybridized carbons (Fsp3) is 0.0435. The number of hydrogen-bond donors (Lipinski definition) is 1. The molecule has 1 amide bonds. The second-order valence-electron chi connectivity index (χ2n) is 6.54. The number of anilines is 1. The maximum Gasteiger partial charge on any atom is 0.248 e. The highest BCUT2D eigenvalue weighted by Crippen LogP contribution is 2.33. The summed E-state index contributed by atoms with van der Waals surface area (Å²) >= 11 is 12.1. The second kappa shape index (κ2) is 8.79. The van der Waals surface area contributed by atoms with Crippen LogP contribution < -0.4 is 10.1 Å². The van der Waals surface area contributed by atoms with Crippen molar-refractivity contribution in [2.45, 2.75) is 0 Å². The molecule has 1 N–H and O–H groups in total. The molecule has 0 saturated carbocycles. The number of halogens is 3. The molecule has 4 aromatic rings. The topological polar surface area (TPSA) is 64.4 Å². The lowest BCUT2D eigenvalue weighted by Gasteiger charge is -2.08. The summed E-state index contributed by atoms with van der Waals surface area (Å²) in [7, 11) is 1.49. The van der Waals surface area contributed by atoms with E-state index in [4.69, 9.17) is 32.4 Å². The number of aromatic nitrogens is 1. The Labute approximate surface area is 187 Å². The van der Waals surface area contributed by atoms with Crippen LogP contribution in [-0.4, -0.2) is 18.0 Å². The number of nitrogens with zero attached hydrogens (tertiary/aromatic N) is 1. The molecule has 1 heterocycles. The number of fused-ring (bicyclic) bond motifs is 1. The number of hydrogen-bond acceptors (Lipinski definition) is 4. The molecule has 0 aliphatic carbocycles. The number of carbonyl (C=O) groups is 1. The average molecular weight is 457 g/mol. The molecule has 0 aliphatic rings. The van der Waals surface area contributed by atoms with E-state index in [0.717, 1.165) is 0 Å². The highest BCUT2D eigenvalue weighted by Gasteiger charge is 2.11. The van der Waals surface area contributed by atoms with Crippen molar-refractivity contribution < 1.29 is 18.3 Å². The van der Waals surface area contributed by atoms with Crippen molar-refractivity contribution in [2.24, 2.45) is 0 Å². The highest BCUT2D eigenvalue weighted by molar-refractivity contribution is 6.36. The van der Waals surface area contributed by atoms with Gasteiger partial charge in [0.15, 0.2) is 5.58 Å². The highest BCUT2D eigenvalue weighted by atomic mass is 35.5. The van der Waals surface area contributed by atoms with E-state index < -0.39 is 0 Å². The number of nitrogens with one attached hydrogen (secondary N) is 1. The van der Waals surface area contributed by atoms with Gasteiger partial charge in [-0.2, -0.15) is 0 Å². The van der Waals surface area contributed by atoms with Gasteiger partial charge in [-0.1, -0.05) is 23.2 Å². The van der Waals surface area contributed by atoms with Crippen LogP contribution in [0, 0.1) is 5.82 Å². The molecule has 3 aromatic carbocycles. The van der Waals surface area contributed by atoms with Crippen LogP contribution in [0.1, 0.15) is 5.56 Å². The van der Waals surface area contributed by atoms with Crippen LogP contribution in [0.2, 0.25) is 10.0 Å². The van der Waals surface area contributed by atoms with Gasteiger partial charge in [-0.15, -0.1) is 0 Å². The minimum Gasteiger partial charge on any atom is -0.495 e. The molecule has 0 fully saturated rings. The van der Waals surface area contributed by atoms with Crippen LogP contribution in [0.5, 0.6) is 5.75 Å². The molecule has 31 heavy (non-hydrogen) atoms. The van der Waals surface area contributed by atoms with Gasteiger partial charge in [-0.05, 0) is 60.7 Å². The second-order valence-corrected chi connectivity index (χ2v) is 7.38. The first-order valence-corrected chi connectivity index (χ1v) is 9.87. The number of ether oxygens (including phenoxy) is 1. The normalized spacial score (nSPS) is 11.2. The van der Waals surface area contributed by atoms with Gasteiger partial charge < -0.3 is 14.5 Å². The van der Waals surface area contributed by atoms with E-state index >= 15 is 0 Å². The third-order valence-corrected chi connectivity index (χ3v) is 4.90. The fourth-order valence-electron chi connectivity index (χ4n) is 2.99. The Morgan fingerprint density at radius 1 is 1.13 bits per heavy atom. The zero-order valence-electron chi connectivity index (χ0n) is 16.2. The number of carbonyl (C=O) groups excluding carboxylic acids is 1. The van der Waals surface area contributed by atoms with Gasteiger partial charge in [-0.25, -0.2) is 9.37 Å². The van der Waals surface area contributed by atoms with Crippen molar-refractivity contribution in [3.63, 3.8) is 0 Å². The summed E-state index contributed by atoms with van der Waals surface area (Å²) in [5.41, 5.74) is 2.87. The first-order valence-electron chi connectivity index (χ1n) is 9.11. The minimum atomic E-state index is -0.361. The van der Waals surface area contributed by atoms with Gasteiger partial charge in [0.05, 0.1) is 12.1 Å². The zero-order chi connectivity index (χ0) is 22.0. The van der Waals surface area contributed by atoms with E-state index in [1.807, 2.05) is 0 Å². The Morgan fingerprint density at radius 2 is 1.90 bits per heavy atom. The molecule has 8 heteroatoms. The predicted molar refractivity (Wildman–Crippen MR) is 120 cm³/mol. The summed E-state index contributed by atoms with van der Waals surface area (Å²) in [4.78, 5) is 16.8. The molecule has 1 aromatic heterocycles. The number of methoxy groups -OCH3 is 1. The standard InChI is InChI=1S/C23H15Cl2FN2O3/c1-30-22-14(10-15(24)11-18(22)25)4-9-21(29)27-17-7-8-20-19(12-17)28-23(31-20)13-2-5-16(26)6-3-13/h2-12H,1H3,(H,27,29)/b9-4+. The minimum absolute atomic E-state index is 0.337. The summed E-state index contributed by atoms with van der Waals surface area (Å²) in [6.07, 6.45) is 2.91. The Kier molecular flexibility index (Phi) is 5.93. The van der Waals surface area contributed by atoms with E-state index in [-0.39, 0.29) is 11.7 Å². The van der Waals surface area contributed by atoms with Crippen LogP contribution in [0.25, 0.3) is 28.6 Å². The lowest BCUT2D eigenvalue weighted by atomic mass is 10.2. The maximum atomic E-state index is 13.1. The maximum absolute atomic E-state index is 13.1. The Morgan fingerprint density at radius 3 is 2.65 bits per heavy atom. The van der Waals surface area contributed by atoms with Gasteiger partial charge in [0.2, 0.25) is 11.8 Å². The number of amides is 1. The van der Waals surface area contributed by atoms with Crippen molar-refractivity contribution >= 4 is 52.0 Å². The molecule has 0 atom stereocenters. The summed E-state index contributed by atoms with van der Waals surface area (Å²) in [6.45, 7) is 0. The van der Waals surface area contributed by atoms with Crippen molar-refractivity contribution in [3.05, 3.63) is 82.1 Å². The lowest BCUT2D eigenvalue weighted by Crippen LogP contribution is -2.07. The fourth-order valence-corrected chi connectivity index (χ4v) is 3.58. The Bertz CT molecular complexity index is 1300. The smallest absolute Gasteiger partial charge is 0.248 e. The van der Waals surface area contributed by atoms with Gasteiger partial charge in [0.25, 0.3) is 0 Å². The van der Waals surface area contributed by atoms with Gasteiger partial charge in [0, 0.05) is 27.9 Å². The molecular formula is C23H15Cl2FN2O3. The largest absolute Gasteiger partial charge is 0.495 e. The number of oxazole rings is 1. The summed E-state index contributed by atoms with van der Waals surface area (Å²) in [5.74, 6) is 0.0890. The first kappa shape index (κ1) is 20.9. The van der Waals surface area contributed by atoms with Gasteiger partial charge >= 0.3 is 0 Å². The SMILES string of the molecule is COc1c(Cl)cc(Cl)cc1/C=C/C(=O)Nc1ccc2oc(-c3ccc(F)cc3)nc2c1. The summed E-state index contributed by atoms with van der Waals surface area (Å²) in [6, 6.07) is 14.1. The van der Waals surface area contributed by atoms with Crippen molar-refractivity contribution in [3.8, 4) is 17.2 Å². The third-order valence-electron chi connectivity index (χ3n) is 4.40. The predicted octanol–water partition coefficient (Wildman–Crippen LogP) is 6.60. The van der Waals surface area contributed by atoms with Crippen molar-refractivity contribution in [1.29, 1.82) is 0 Å². The summed E-state index contributed by atoms with van der Waals surface area (Å²) in [5, 5.41) is 3.54. The van der Waals surface area contributed by atoms with Crippen molar-refractivity contribution in [2.75, 3.05) is 12.4 Å². The average Bonchev–Trinajstić information content (AvgIpc) is 3.16. The van der Waals surface area contributed by atoms with E-state index in [1.54, 1.807) is 48.5 Å². The van der Waals surface area contributed by atoms with Gasteiger partial charge in [-0.3, -0.25) is 4.79 Å². The van der Waals surface area contributed by atoms with Crippen LogP contribution in [0.3, 0.4) is 0 Å². The van der Waals surface area contributed by atoms with E-state index in [9.17, 15) is 9.18 Å². The molecule has 0 unspecified atom stereocenters. The first-order chi connectivity index (χ1) is 14.9. The Hall–Kier alpha value is -3.35. The van der Waals surface area contributed by atoms with Crippen LogP contribution in [0.15, 0.2) is 65.1 Å². The quantitative estimate of drug-likeness (QED) is 0.343. The van der Waals surface area contributed by atoms with E-state index in [1.165, 1.54) is 25.3 Å². The van der Waals surface area contributed by atoms with Crippen LogP contribution in [0.4, 0.5) is 10.1 Å². The number of benzene rings is 3. The molecule has 0 aliphatic heterocycles. The van der Waals surface area contributed by atoms with Gasteiger partial charge in [0.1, 0.15) is 17.1 Å². The van der Waals surface area contributed by atoms with Crippen LogP contribution >= 0.6 is 23.2 Å². The molecule has 156 valence electrons. The van der Waals surface area contributed by atoms with Crippen molar-refractivity contribution in [1.82, 2.24) is 4.98 Å². The summed E-state index contributed by atoms with van der Waals surface area (Å²) < 4.78 is 24.1. The molecule has 0 spiro atoms. The molecular weight excluding hydrogens is 442 g/mol. The molecule has 0 radical (unpaired) electrons. The Balaban J connectivity index is 1.53.